The number of benzene rings is 1. The SMILES string of the molecule is Cc1c(NCC2CC3C=CC2C3)cccc1[N+](=O)[O-]. The van der Waals surface area contributed by atoms with Crippen molar-refractivity contribution in [3.05, 3.63) is 46.0 Å². The number of nitro groups is 1. The second-order valence-electron chi connectivity index (χ2n) is 5.63. The van der Waals surface area contributed by atoms with Crippen LogP contribution in [0.2, 0.25) is 0 Å². The lowest BCUT2D eigenvalue weighted by atomic mass is 9.93. The van der Waals surface area contributed by atoms with Crippen molar-refractivity contribution in [2.24, 2.45) is 17.8 Å². The summed E-state index contributed by atoms with van der Waals surface area (Å²) in [6.45, 7) is 2.72. The summed E-state index contributed by atoms with van der Waals surface area (Å²) in [5.74, 6) is 2.15. The van der Waals surface area contributed by atoms with Crippen molar-refractivity contribution in [2.75, 3.05) is 11.9 Å². The molecule has 0 spiro atoms. The Morgan fingerprint density at radius 1 is 1.37 bits per heavy atom. The minimum Gasteiger partial charge on any atom is -0.384 e. The van der Waals surface area contributed by atoms with Crippen LogP contribution in [0.4, 0.5) is 11.4 Å². The van der Waals surface area contributed by atoms with Gasteiger partial charge in [-0.2, -0.15) is 0 Å². The topological polar surface area (TPSA) is 55.2 Å². The molecule has 0 heterocycles. The van der Waals surface area contributed by atoms with Crippen LogP contribution < -0.4 is 5.32 Å². The number of hydrogen-bond donors (Lipinski definition) is 1. The lowest BCUT2D eigenvalue weighted by molar-refractivity contribution is -0.385. The van der Waals surface area contributed by atoms with Gasteiger partial charge in [0, 0.05) is 23.9 Å². The summed E-state index contributed by atoms with van der Waals surface area (Å²) >= 11 is 0. The van der Waals surface area contributed by atoms with E-state index in [2.05, 4.69) is 17.5 Å². The Morgan fingerprint density at radius 3 is 2.84 bits per heavy atom. The fourth-order valence-electron chi connectivity index (χ4n) is 3.38. The Bertz CT molecular complexity index is 539. The minimum absolute atomic E-state index is 0.192. The Hall–Kier alpha value is -1.84. The van der Waals surface area contributed by atoms with Gasteiger partial charge in [0.1, 0.15) is 0 Å². The first-order valence-electron chi connectivity index (χ1n) is 6.81. The molecule has 1 saturated carbocycles. The lowest BCUT2D eigenvalue weighted by Gasteiger charge is -2.19. The predicted molar refractivity (Wildman–Crippen MR) is 75.2 cm³/mol. The second-order valence-corrected chi connectivity index (χ2v) is 5.63. The third kappa shape index (κ3) is 2.23. The van der Waals surface area contributed by atoms with Crippen molar-refractivity contribution in [3.63, 3.8) is 0 Å². The van der Waals surface area contributed by atoms with Crippen LogP contribution in [0.3, 0.4) is 0 Å². The summed E-state index contributed by atoms with van der Waals surface area (Å²) in [7, 11) is 0. The molecule has 0 aromatic heterocycles. The van der Waals surface area contributed by atoms with Crippen molar-refractivity contribution in [2.45, 2.75) is 19.8 Å². The highest BCUT2D eigenvalue weighted by Crippen LogP contribution is 2.43. The number of anilines is 1. The molecule has 3 atom stereocenters. The van der Waals surface area contributed by atoms with E-state index < -0.39 is 0 Å². The molecule has 1 fully saturated rings. The van der Waals surface area contributed by atoms with Gasteiger partial charge in [-0.3, -0.25) is 10.1 Å². The number of nitrogens with one attached hydrogen (secondary N) is 1. The van der Waals surface area contributed by atoms with Gasteiger partial charge in [0.2, 0.25) is 0 Å². The van der Waals surface area contributed by atoms with E-state index in [0.29, 0.717) is 11.8 Å². The van der Waals surface area contributed by atoms with Gasteiger partial charge in [-0.05, 0) is 43.6 Å². The molecule has 4 nitrogen and oxygen atoms in total. The van der Waals surface area contributed by atoms with Gasteiger partial charge < -0.3 is 5.32 Å². The molecule has 1 aromatic carbocycles. The third-order valence-corrected chi connectivity index (χ3v) is 4.47. The molecule has 1 aromatic rings. The van der Waals surface area contributed by atoms with Crippen LogP contribution >= 0.6 is 0 Å². The van der Waals surface area contributed by atoms with Crippen molar-refractivity contribution < 1.29 is 4.92 Å². The molecule has 0 saturated heterocycles. The smallest absolute Gasteiger partial charge is 0.274 e. The van der Waals surface area contributed by atoms with Crippen molar-refractivity contribution in [1.82, 2.24) is 0 Å². The Balaban J connectivity index is 1.69. The molecule has 3 rings (SSSR count). The summed E-state index contributed by atoms with van der Waals surface area (Å²) in [4.78, 5) is 10.6. The highest BCUT2D eigenvalue weighted by atomic mass is 16.6. The van der Waals surface area contributed by atoms with E-state index in [-0.39, 0.29) is 10.6 Å². The summed E-state index contributed by atoms with van der Waals surface area (Å²) in [5, 5.41) is 14.3. The highest BCUT2D eigenvalue weighted by molar-refractivity contribution is 5.59. The van der Waals surface area contributed by atoms with Crippen LogP contribution in [-0.2, 0) is 0 Å². The van der Waals surface area contributed by atoms with Crippen LogP contribution in [0.1, 0.15) is 18.4 Å². The zero-order chi connectivity index (χ0) is 13.4. The fraction of sp³-hybridized carbons (Fsp3) is 0.467. The summed E-state index contributed by atoms with van der Waals surface area (Å²) in [6.07, 6.45) is 7.21. The van der Waals surface area contributed by atoms with Gasteiger partial charge in [0.25, 0.3) is 5.69 Å². The first kappa shape index (κ1) is 12.2. The number of nitrogens with zero attached hydrogens (tertiary/aromatic N) is 1. The molecule has 0 aliphatic heterocycles. The van der Waals surface area contributed by atoms with E-state index in [1.807, 2.05) is 6.07 Å². The van der Waals surface area contributed by atoms with Crippen LogP contribution in [-0.4, -0.2) is 11.5 Å². The molecule has 0 amide bonds. The molecule has 3 unspecified atom stereocenters. The standard InChI is InChI=1S/C15H18N2O2/c1-10-14(3-2-4-15(10)17(18)19)16-9-13-8-11-5-6-12(13)7-11/h2-6,11-13,16H,7-9H2,1H3. The van der Waals surface area contributed by atoms with Crippen molar-refractivity contribution in [1.29, 1.82) is 0 Å². The van der Waals surface area contributed by atoms with E-state index in [1.165, 1.54) is 12.8 Å². The molecule has 0 radical (unpaired) electrons. The maximum Gasteiger partial charge on any atom is 0.274 e. The molecule has 4 heteroatoms. The molecule has 2 aliphatic rings. The average molecular weight is 258 g/mol. The molecular formula is C15H18N2O2. The highest BCUT2D eigenvalue weighted by Gasteiger charge is 2.35. The molecule has 100 valence electrons. The maximum atomic E-state index is 10.9. The first-order valence-corrected chi connectivity index (χ1v) is 6.81. The van der Waals surface area contributed by atoms with Gasteiger partial charge in [-0.25, -0.2) is 0 Å². The van der Waals surface area contributed by atoms with E-state index in [0.717, 1.165) is 23.7 Å². The van der Waals surface area contributed by atoms with Gasteiger partial charge in [0.15, 0.2) is 0 Å². The Morgan fingerprint density at radius 2 is 2.21 bits per heavy atom. The number of hydrogen-bond acceptors (Lipinski definition) is 3. The molecule has 1 N–H and O–H groups in total. The minimum atomic E-state index is -0.319. The van der Waals surface area contributed by atoms with E-state index in [9.17, 15) is 10.1 Å². The van der Waals surface area contributed by atoms with E-state index in [1.54, 1.807) is 19.1 Å². The quantitative estimate of drug-likeness (QED) is 0.510. The van der Waals surface area contributed by atoms with Crippen LogP contribution in [0.15, 0.2) is 30.4 Å². The predicted octanol–water partition coefficient (Wildman–Crippen LogP) is 3.53. The summed E-state index contributed by atoms with van der Waals surface area (Å²) in [5.41, 5.74) is 1.81. The van der Waals surface area contributed by atoms with Gasteiger partial charge in [0.05, 0.1) is 4.92 Å². The number of rotatable bonds is 4. The number of fused-ring (bicyclic) bond motifs is 2. The van der Waals surface area contributed by atoms with Crippen molar-refractivity contribution in [3.8, 4) is 0 Å². The van der Waals surface area contributed by atoms with Gasteiger partial charge in [-0.1, -0.05) is 18.2 Å². The first-order chi connectivity index (χ1) is 9.15. The van der Waals surface area contributed by atoms with Crippen LogP contribution in [0.5, 0.6) is 0 Å². The third-order valence-electron chi connectivity index (χ3n) is 4.47. The molecule has 19 heavy (non-hydrogen) atoms. The normalized spacial score (nSPS) is 27.7. The zero-order valence-electron chi connectivity index (χ0n) is 11.0. The molecule has 2 aliphatic carbocycles. The average Bonchev–Trinajstić information content (AvgIpc) is 2.99. The largest absolute Gasteiger partial charge is 0.384 e. The number of allylic oxidation sites excluding steroid dienone is 2. The maximum absolute atomic E-state index is 10.9. The van der Waals surface area contributed by atoms with Crippen LogP contribution in [0.25, 0.3) is 0 Å². The molecule has 2 bridgehead atoms. The van der Waals surface area contributed by atoms with Gasteiger partial charge >= 0.3 is 0 Å². The Kier molecular flexibility index (Phi) is 3.01. The second kappa shape index (κ2) is 4.68. The van der Waals surface area contributed by atoms with E-state index in [4.69, 9.17) is 0 Å². The Labute approximate surface area is 112 Å². The number of nitro benzene ring substituents is 1. The van der Waals surface area contributed by atoms with Crippen LogP contribution in [0, 0.1) is 34.8 Å². The van der Waals surface area contributed by atoms with Gasteiger partial charge in [-0.15, -0.1) is 0 Å². The van der Waals surface area contributed by atoms with Crippen molar-refractivity contribution >= 4 is 11.4 Å². The molecular weight excluding hydrogens is 240 g/mol. The summed E-state index contributed by atoms with van der Waals surface area (Å²) < 4.78 is 0. The lowest BCUT2D eigenvalue weighted by Crippen LogP contribution is -2.18. The monoisotopic (exact) mass is 258 g/mol. The fourth-order valence-corrected chi connectivity index (χ4v) is 3.38. The summed E-state index contributed by atoms with van der Waals surface area (Å²) in [6, 6.07) is 5.22. The zero-order valence-corrected chi connectivity index (χ0v) is 11.0. The van der Waals surface area contributed by atoms with E-state index >= 15 is 0 Å².